The average Bonchev–Trinajstić information content (AvgIpc) is 2.62. The smallest absolute Gasteiger partial charge is 0.279 e. The summed E-state index contributed by atoms with van der Waals surface area (Å²) in [7, 11) is 3.35. The van der Waals surface area contributed by atoms with Gasteiger partial charge in [-0.25, -0.2) is 0 Å². The van der Waals surface area contributed by atoms with E-state index in [1.807, 2.05) is 13.3 Å². The summed E-state index contributed by atoms with van der Waals surface area (Å²) in [6.07, 6.45) is 2.03. The van der Waals surface area contributed by atoms with Gasteiger partial charge in [0.2, 0.25) is 0 Å². The summed E-state index contributed by atoms with van der Waals surface area (Å²) in [5.41, 5.74) is 1.48. The molecular weight excluding hydrogens is 354 g/mol. The van der Waals surface area contributed by atoms with E-state index in [1.54, 1.807) is 11.8 Å². The van der Waals surface area contributed by atoms with Gasteiger partial charge in [0.1, 0.15) is 12.3 Å². The number of hydrogen-bond acceptors (Lipinski definition) is 5. The summed E-state index contributed by atoms with van der Waals surface area (Å²) in [6, 6.07) is 12.4. The highest BCUT2D eigenvalue weighted by molar-refractivity contribution is 7.98. The third kappa shape index (κ3) is 5.47. The maximum Gasteiger partial charge on any atom is 0.279 e. The molecule has 0 spiro atoms. The van der Waals surface area contributed by atoms with E-state index in [4.69, 9.17) is 4.74 Å². The number of nitrogens with zero attached hydrogens (tertiary/aromatic N) is 1. The molecule has 8 heteroatoms. The highest BCUT2D eigenvalue weighted by Crippen LogP contribution is 2.28. The Balaban J connectivity index is 1.95. The van der Waals surface area contributed by atoms with Crippen LogP contribution in [0.5, 0.6) is 5.75 Å². The minimum atomic E-state index is -0.506. The highest BCUT2D eigenvalue weighted by Gasteiger charge is 2.16. The normalized spacial score (nSPS) is 11.7. The summed E-state index contributed by atoms with van der Waals surface area (Å²) in [5, 5.41) is 13.6. The standard InChI is InChI=1S/C18H21N3O4S/c1-20(11-13-4-7-15(26-3)8-5-13)12-18(22)19-16-9-6-14(21(23)24)10-17(16)25-2/h4-10H,11-12H2,1-3H3,(H,19,22)/p+1. The minimum absolute atomic E-state index is 0.0868. The van der Waals surface area contributed by atoms with Gasteiger partial charge in [-0.2, -0.15) is 0 Å². The highest BCUT2D eigenvalue weighted by atomic mass is 32.2. The first-order valence-corrected chi connectivity index (χ1v) is 9.22. The number of nitro benzene ring substituents is 1. The number of anilines is 1. The number of quaternary nitrogens is 1. The van der Waals surface area contributed by atoms with Crippen LogP contribution in [0.2, 0.25) is 0 Å². The monoisotopic (exact) mass is 376 g/mol. The van der Waals surface area contributed by atoms with Crippen molar-refractivity contribution in [1.29, 1.82) is 0 Å². The molecule has 0 saturated heterocycles. The molecule has 2 aromatic rings. The molecule has 1 unspecified atom stereocenters. The number of amides is 1. The van der Waals surface area contributed by atoms with Crippen molar-refractivity contribution in [3.05, 3.63) is 58.1 Å². The predicted octanol–water partition coefficient (Wildman–Crippen LogP) is 1.98. The maximum atomic E-state index is 12.3. The molecule has 2 N–H and O–H groups in total. The number of non-ortho nitro benzene ring substituents is 1. The molecule has 0 aliphatic heterocycles. The molecule has 2 rings (SSSR count). The fourth-order valence-electron chi connectivity index (χ4n) is 2.52. The molecule has 1 amide bonds. The summed E-state index contributed by atoms with van der Waals surface area (Å²) in [4.78, 5) is 24.8. The number of ether oxygens (including phenoxy) is 1. The molecule has 1 atom stereocenters. The number of carbonyl (C=O) groups excluding carboxylic acids is 1. The summed E-state index contributed by atoms with van der Waals surface area (Å²) in [5.74, 6) is 0.0771. The number of nitrogens with one attached hydrogen (secondary N) is 2. The largest absolute Gasteiger partial charge is 0.494 e. The molecule has 7 nitrogen and oxygen atoms in total. The Labute approximate surface area is 156 Å². The van der Waals surface area contributed by atoms with Crippen molar-refractivity contribution < 1.29 is 19.4 Å². The van der Waals surface area contributed by atoms with E-state index in [-0.39, 0.29) is 23.9 Å². The Bertz CT molecular complexity index is 781. The van der Waals surface area contributed by atoms with Crippen molar-refractivity contribution in [1.82, 2.24) is 0 Å². The van der Waals surface area contributed by atoms with Crippen LogP contribution in [0.4, 0.5) is 11.4 Å². The molecule has 0 heterocycles. The van der Waals surface area contributed by atoms with Crippen LogP contribution in [-0.4, -0.2) is 37.8 Å². The van der Waals surface area contributed by atoms with Crippen LogP contribution in [0, 0.1) is 10.1 Å². The molecule has 26 heavy (non-hydrogen) atoms. The van der Waals surface area contributed by atoms with E-state index in [1.165, 1.54) is 30.2 Å². The molecule has 0 radical (unpaired) electrons. The van der Waals surface area contributed by atoms with E-state index in [0.717, 1.165) is 17.0 Å². The lowest BCUT2D eigenvalue weighted by Crippen LogP contribution is -3.08. The number of benzene rings is 2. The van der Waals surface area contributed by atoms with Gasteiger partial charge in [0, 0.05) is 16.5 Å². The zero-order valence-electron chi connectivity index (χ0n) is 14.9. The van der Waals surface area contributed by atoms with Crippen molar-refractivity contribution in [2.75, 3.05) is 32.3 Å². The van der Waals surface area contributed by atoms with E-state index >= 15 is 0 Å². The fourth-order valence-corrected chi connectivity index (χ4v) is 2.93. The predicted molar refractivity (Wildman–Crippen MR) is 102 cm³/mol. The second kappa shape index (κ2) is 9.21. The average molecular weight is 376 g/mol. The zero-order chi connectivity index (χ0) is 19.1. The molecule has 0 aliphatic rings. The van der Waals surface area contributed by atoms with Gasteiger partial charge in [-0.1, -0.05) is 12.1 Å². The molecular formula is C18H22N3O4S+. The van der Waals surface area contributed by atoms with E-state index in [9.17, 15) is 14.9 Å². The number of likely N-dealkylation sites (N-methyl/N-ethyl adjacent to an activating group) is 1. The van der Waals surface area contributed by atoms with E-state index < -0.39 is 4.92 Å². The molecule has 0 aliphatic carbocycles. The Kier molecular flexibility index (Phi) is 6.99. The summed E-state index contributed by atoms with van der Waals surface area (Å²) < 4.78 is 5.13. The van der Waals surface area contributed by atoms with Gasteiger partial charge in [-0.05, 0) is 24.5 Å². The number of nitro groups is 1. The third-order valence-corrected chi connectivity index (χ3v) is 4.54. The Morgan fingerprint density at radius 1 is 1.27 bits per heavy atom. The number of carbonyl (C=O) groups is 1. The number of methoxy groups -OCH3 is 1. The molecule has 2 aromatic carbocycles. The van der Waals surface area contributed by atoms with E-state index in [0.29, 0.717) is 5.69 Å². The molecule has 0 fully saturated rings. The van der Waals surface area contributed by atoms with Crippen molar-refractivity contribution in [2.45, 2.75) is 11.4 Å². The van der Waals surface area contributed by atoms with Gasteiger partial charge in [0.05, 0.1) is 30.8 Å². The third-order valence-electron chi connectivity index (χ3n) is 3.80. The number of thioether (sulfide) groups is 1. The van der Waals surface area contributed by atoms with Crippen molar-refractivity contribution >= 4 is 29.0 Å². The molecule has 0 saturated carbocycles. The van der Waals surface area contributed by atoms with Crippen LogP contribution in [0.1, 0.15) is 5.56 Å². The van der Waals surface area contributed by atoms with Gasteiger partial charge >= 0.3 is 0 Å². The maximum absolute atomic E-state index is 12.3. The lowest BCUT2D eigenvalue weighted by molar-refractivity contribution is -0.885. The van der Waals surface area contributed by atoms with Crippen molar-refractivity contribution in [3.63, 3.8) is 0 Å². The number of hydrogen-bond donors (Lipinski definition) is 2. The van der Waals surface area contributed by atoms with Gasteiger partial charge in [0.25, 0.3) is 11.6 Å². The SMILES string of the molecule is COc1cc([N+](=O)[O-])ccc1NC(=O)C[NH+](C)Cc1ccc(SC)cc1. The Morgan fingerprint density at radius 2 is 1.96 bits per heavy atom. The van der Waals surface area contributed by atoms with Gasteiger partial charge < -0.3 is 15.0 Å². The minimum Gasteiger partial charge on any atom is -0.494 e. The Hall–Kier alpha value is -2.58. The first-order valence-electron chi connectivity index (χ1n) is 7.99. The van der Waals surface area contributed by atoms with E-state index in [2.05, 4.69) is 29.6 Å². The van der Waals surface area contributed by atoms with Crippen LogP contribution in [0.25, 0.3) is 0 Å². The van der Waals surface area contributed by atoms with Gasteiger partial charge in [-0.15, -0.1) is 11.8 Å². The van der Waals surface area contributed by atoms with Crippen LogP contribution in [0.3, 0.4) is 0 Å². The summed E-state index contributed by atoms with van der Waals surface area (Å²) in [6.45, 7) is 0.990. The van der Waals surface area contributed by atoms with Crippen LogP contribution < -0.4 is 15.0 Å². The zero-order valence-corrected chi connectivity index (χ0v) is 15.8. The topological polar surface area (TPSA) is 85.9 Å². The fraction of sp³-hybridized carbons (Fsp3) is 0.278. The molecule has 138 valence electrons. The first kappa shape index (κ1) is 19.7. The lowest BCUT2D eigenvalue weighted by Gasteiger charge is -2.15. The van der Waals surface area contributed by atoms with Crippen LogP contribution in [0.15, 0.2) is 47.4 Å². The molecule has 0 bridgehead atoms. The van der Waals surface area contributed by atoms with Crippen LogP contribution in [-0.2, 0) is 11.3 Å². The van der Waals surface area contributed by atoms with Gasteiger partial charge in [-0.3, -0.25) is 14.9 Å². The van der Waals surface area contributed by atoms with Gasteiger partial charge in [0.15, 0.2) is 6.54 Å². The van der Waals surface area contributed by atoms with Crippen molar-refractivity contribution in [2.24, 2.45) is 0 Å². The molecule has 0 aromatic heterocycles. The second-order valence-corrected chi connectivity index (χ2v) is 6.73. The second-order valence-electron chi connectivity index (χ2n) is 5.85. The lowest BCUT2D eigenvalue weighted by atomic mass is 10.2. The van der Waals surface area contributed by atoms with Crippen LogP contribution >= 0.6 is 11.8 Å². The first-order chi connectivity index (χ1) is 12.4. The van der Waals surface area contributed by atoms with Crippen molar-refractivity contribution in [3.8, 4) is 5.75 Å². The Morgan fingerprint density at radius 3 is 2.54 bits per heavy atom. The summed E-state index contributed by atoms with van der Waals surface area (Å²) >= 11 is 1.69. The number of rotatable bonds is 8. The quantitative estimate of drug-likeness (QED) is 0.418.